The lowest BCUT2D eigenvalue weighted by Crippen LogP contribution is -2.43. The fourth-order valence-corrected chi connectivity index (χ4v) is 4.17. The number of alkyl halides is 3. The van der Waals surface area contributed by atoms with Crippen molar-refractivity contribution in [1.82, 2.24) is 15.0 Å². The number of amides is 1. The minimum Gasteiger partial charge on any atom is -0.386 e. The molecule has 32 heavy (non-hydrogen) atoms. The predicted octanol–water partition coefficient (Wildman–Crippen LogP) is 3.42. The molecule has 2 atom stereocenters. The number of aromatic nitrogens is 1. The maximum Gasteiger partial charge on any atom is 0.315 e. The van der Waals surface area contributed by atoms with Crippen LogP contribution >= 0.6 is 11.9 Å². The van der Waals surface area contributed by atoms with Crippen LogP contribution in [0, 0.1) is 0 Å². The van der Waals surface area contributed by atoms with Crippen LogP contribution in [0.1, 0.15) is 30.2 Å². The molecule has 3 N–H and O–H groups in total. The Bertz CT molecular complexity index is 850. The van der Waals surface area contributed by atoms with Crippen LogP contribution in [0.4, 0.5) is 13.2 Å². The van der Waals surface area contributed by atoms with E-state index in [2.05, 4.69) is 9.71 Å². The minimum atomic E-state index is -3.27. The van der Waals surface area contributed by atoms with E-state index in [-0.39, 0.29) is 0 Å². The second-order valence-electron chi connectivity index (χ2n) is 7.43. The Morgan fingerprint density at radius 2 is 1.84 bits per heavy atom. The van der Waals surface area contributed by atoms with Crippen LogP contribution in [0.2, 0.25) is 0 Å². The van der Waals surface area contributed by atoms with E-state index in [1.54, 1.807) is 42.4 Å². The maximum absolute atomic E-state index is 13.2. The topological polar surface area (TPSA) is 83.5 Å². The number of aliphatic hydroxyl groups is 1. The lowest BCUT2D eigenvalue weighted by molar-refractivity contribution is -0.133. The van der Waals surface area contributed by atoms with Crippen LogP contribution in [0.3, 0.4) is 0 Å². The van der Waals surface area contributed by atoms with Gasteiger partial charge in [-0.2, -0.15) is 8.78 Å². The standard InChI is InChI=1S/C22H26F3N3O3S/c23-11-19(28-22(30)21(24)25)20(29)15-3-1-14(2-4-15)16-5-6-17(26-12-16)13-27-32-18-7-9-31-10-8-18/h1-6,12,18-21,27,29H,7-11,13H2,(H,28,30). The molecule has 6 nitrogen and oxygen atoms in total. The highest BCUT2D eigenvalue weighted by Gasteiger charge is 2.26. The Balaban J connectivity index is 1.55. The van der Waals surface area contributed by atoms with E-state index in [1.807, 2.05) is 17.4 Å². The molecule has 0 radical (unpaired) electrons. The van der Waals surface area contributed by atoms with E-state index in [4.69, 9.17) is 4.74 Å². The fraction of sp³-hybridized carbons (Fsp3) is 0.455. The van der Waals surface area contributed by atoms with Crippen LogP contribution in [0.25, 0.3) is 11.1 Å². The average Bonchev–Trinajstić information content (AvgIpc) is 2.83. The van der Waals surface area contributed by atoms with Crippen molar-refractivity contribution >= 4 is 17.9 Å². The first kappa shape index (κ1) is 24.5. The summed E-state index contributed by atoms with van der Waals surface area (Å²) in [6.45, 7) is 1.08. The second kappa shape index (κ2) is 12.2. The number of rotatable bonds is 10. The zero-order chi connectivity index (χ0) is 22.9. The largest absolute Gasteiger partial charge is 0.386 e. The quantitative estimate of drug-likeness (QED) is 0.463. The highest BCUT2D eigenvalue weighted by molar-refractivity contribution is 7.98. The fourth-order valence-electron chi connectivity index (χ4n) is 3.28. The van der Waals surface area contributed by atoms with Crippen molar-refractivity contribution in [2.75, 3.05) is 19.9 Å². The molecule has 1 aliphatic heterocycles. The number of hydrogen-bond acceptors (Lipinski definition) is 6. The Labute approximate surface area is 189 Å². The van der Waals surface area contributed by atoms with E-state index in [9.17, 15) is 23.1 Å². The van der Waals surface area contributed by atoms with Crippen molar-refractivity contribution in [1.29, 1.82) is 0 Å². The van der Waals surface area contributed by atoms with Gasteiger partial charge >= 0.3 is 6.43 Å². The number of benzene rings is 1. The number of aliphatic hydroxyl groups excluding tert-OH is 1. The summed E-state index contributed by atoms with van der Waals surface area (Å²) in [7, 11) is 0. The van der Waals surface area contributed by atoms with Crippen LogP contribution in [0.5, 0.6) is 0 Å². The Hall–Kier alpha value is -2.14. The number of pyridine rings is 1. The summed E-state index contributed by atoms with van der Waals surface area (Å²) in [5.74, 6) is -1.62. The first-order chi connectivity index (χ1) is 15.5. The van der Waals surface area contributed by atoms with Gasteiger partial charge in [0.05, 0.1) is 11.7 Å². The smallest absolute Gasteiger partial charge is 0.315 e. The van der Waals surface area contributed by atoms with Gasteiger partial charge in [-0.25, -0.2) is 4.39 Å². The normalized spacial score (nSPS) is 16.7. The molecule has 2 unspecified atom stereocenters. The zero-order valence-electron chi connectivity index (χ0n) is 17.3. The molecule has 1 aliphatic rings. The number of halogens is 3. The molecule has 0 saturated carbocycles. The molecule has 174 valence electrons. The average molecular weight is 470 g/mol. The van der Waals surface area contributed by atoms with Gasteiger partial charge in [0.2, 0.25) is 0 Å². The number of nitrogens with one attached hydrogen (secondary N) is 2. The predicted molar refractivity (Wildman–Crippen MR) is 117 cm³/mol. The van der Waals surface area contributed by atoms with Crippen LogP contribution < -0.4 is 10.0 Å². The van der Waals surface area contributed by atoms with Crippen molar-refractivity contribution in [3.63, 3.8) is 0 Å². The number of carbonyl (C=O) groups is 1. The van der Waals surface area contributed by atoms with Crippen LogP contribution in [0.15, 0.2) is 42.6 Å². The van der Waals surface area contributed by atoms with Gasteiger partial charge in [-0.05, 0) is 30.0 Å². The molecule has 2 aromatic rings. The van der Waals surface area contributed by atoms with Gasteiger partial charge in [0.25, 0.3) is 5.91 Å². The third-order valence-electron chi connectivity index (χ3n) is 5.16. The number of ether oxygens (including phenoxy) is 1. The van der Waals surface area contributed by atoms with Crippen molar-refractivity contribution in [3.8, 4) is 11.1 Å². The minimum absolute atomic E-state index is 0.310. The molecule has 1 fully saturated rings. The van der Waals surface area contributed by atoms with Gasteiger partial charge in [-0.3, -0.25) is 14.5 Å². The molecule has 0 bridgehead atoms. The number of nitrogens with zero attached hydrogens (tertiary/aromatic N) is 1. The molecular formula is C22H26F3N3O3S. The molecule has 1 amide bonds. The molecule has 0 aliphatic carbocycles. The van der Waals surface area contributed by atoms with Gasteiger partial charge in [0.15, 0.2) is 0 Å². The summed E-state index contributed by atoms with van der Waals surface area (Å²) < 4.78 is 46.6. The highest BCUT2D eigenvalue weighted by atomic mass is 32.2. The SMILES string of the molecule is O=C(NC(CF)C(O)c1ccc(-c2ccc(CNSC3CCOCC3)nc2)cc1)C(F)F. The molecule has 1 aromatic carbocycles. The summed E-state index contributed by atoms with van der Waals surface area (Å²) in [5.41, 5.74) is 2.91. The van der Waals surface area contributed by atoms with E-state index < -0.39 is 31.2 Å². The molecule has 10 heteroatoms. The lowest BCUT2D eigenvalue weighted by Gasteiger charge is -2.22. The van der Waals surface area contributed by atoms with Gasteiger partial charge < -0.3 is 15.2 Å². The first-order valence-electron chi connectivity index (χ1n) is 10.3. The number of carbonyl (C=O) groups excluding carboxylic acids is 1. The lowest BCUT2D eigenvalue weighted by atomic mass is 9.99. The van der Waals surface area contributed by atoms with Crippen LogP contribution in [-0.4, -0.2) is 53.6 Å². The summed E-state index contributed by atoms with van der Waals surface area (Å²) in [4.78, 5) is 15.6. The Morgan fingerprint density at radius 1 is 1.16 bits per heavy atom. The summed E-state index contributed by atoms with van der Waals surface area (Å²) in [6, 6.07) is 8.98. The molecule has 1 aromatic heterocycles. The van der Waals surface area contributed by atoms with Gasteiger partial charge in [0.1, 0.15) is 12.8 Å². The molecular weight excluding hydrogens is 443 g/mol. The molecule has 0 spiro atoms. The van der Waals surface area contributed by atoms with Crippen molar-refractivity contribution < 1.29 is 27.8 Å². The summed E-state index contributed by atoms with van der Waals surface area (Å²) in [5, 5.41) is 12.6. The summed E-state index contributed by atoms with van der Waals surface area (Å²) >= 11 is 1.72. The first-order valence-corrected chi connectivity index (χ1v) is 11.2. The monoisotopic (exact) mass is 469 g/mol. The summed E-state index contributed by atoms with van der Waals surface area (Å²) in [6.07, 6.45) is -0.894. The number of hydrogen-bond donors (Lipinski definition) is 3. The van der Waals surface area contributed by atoms with Gasteiger partial charge in [-0.1, -0.05) is 42.3 Å². The van der Waals surface area contributed by atoms with Gasteiger partial charge in [-0.15, -0.1) is 0 Å². The zero-order valence-corrected chi connectivity index (χ0v) is 18.2. The third-order valence-corrected chi connectivity index (χ3v) is 6.27. The molecule has 1 saturated heterocycles. The van der Waals surface area contributed by atoms with Crippen molar-refractivity contribution in [3.05, 3.63) is 53.9 Å². The maximum atomic E-state index is 13.2. The van der Waals surface area contributed by atoms with Crippen LogP contribution in [-0.2, 0) is 16.1 Å². The second-order valence-corrected chi connectivity index (χ2v) is 8.62. The van der Waals surface area contributed by atoms with E-state index in [0.29, 0.717) is 17.4 Å². The van der Waals surface area contributed by atoms with Crippen molar-refractivity contribution in [2.24, 2.45) is 0 Å². The third kappa shape index (κ3) is 6.93. The molecule has 3 rings (SSSR count). The Morgan fingerprint density at radius 3 is 2.44 bits per heavy atom. The Kier molecular flexibility index (Phi) is 9.34. The van der Waals surface area contributed by atoms with E-state index in [0.717, 1.165) is 42.9 Å². The van der Waals surface area contributed by atoms with E-state index in [1.165, 1.54) is 0 Å². The van der Waals surface area contributed by atoms with Gasteiger partial charge in [0, 0.05) is 36.8 Å². The van der Waals surface area contributed by atoms with Crippen molar-refractivity contribution in [2.45, 2.75) is 43.2 Å². The molecule has 2 heterocycles. The highest BCUT2D eigenvalue weighted by Crippen LogP contribution is 2.24. The van der Waals surface area contributed by atoms with E-state index >= 15 is 0 Å².